The average Bonchev–Trinajstić information content (AvgIpc) is 3.49. The Balaban J connectivity index is 1.30. The standard InChI is InChI=1S/C55H41N/c1-55(2)50-29-15-13-26-47(50)48-35-34-43(37-51(48)55)56(52-30-16-14-25-45(52)40-21-7-4-8-22-40)53-31-17-28-46(42-33-32-38-18-9-10-23-41(38)36-42)54(53)49-27-12-11-24-44(49)39-19-5-3-6-20-39/h3-37H,1-2H3. The minimum Gasteiger partial charge on any atom is -0.309 e. The Kier molecular flexibility index (Phi) is 8.23. The summed E-state index contributed by atoms with van der Waals surface area (Å²) in [6.07, 6.45) is 0. The molecule has 1 aliphatic carbocycles. The van der Waals surface area contributed by atoms with Crippen molar-refractivity contribution in [3.8, 4) is 55.6 Å². The van der Waals surface area contributed by atoms with Crippen LogP contribution in [0, 0.1) is 0 Å². The van der Waals surface area contributed by atoms with Gasteiger partial charge in [-0.15, -0.1) is 0 Å². The third kappa shape index (κ3) is 5.63. The number of nitrogens with zero attached hydrogens (tertiary/aromatic N) is 1. The van der Waals surface area contributed by atoms with Crippen LogP contribution in [0.3, 0.4) is 0 Å². The van der Waals surface area contributed by atoms with E-state index in [1.54, 1.807) is 0 Å². The maximum Gasteiger partial charge on any atom is 0.0546 e. The van der Waals surface area contributed by atoms with E-state index in [2.05, 4.69) is 231 Å². The highest BCUT2D eigenvalue weighted by Gasteiger charge is 2.36. The van der Waals surface area contributed by atoms with Gasteiger partial charge < -0.3 is 4.90 Å². The zero-order valence-electron chi connectivity index (χ0n) is 31.7. The molecule has 0 aromatic heterocycles. The van der Waals surface area contributed by atoms with Gasteiger partial charge in [-0.05, 0) is 96.7 Å². The lowest BCUT2D eigenvalue weighted by atomic mass is 9.82. The van der Waals surface area contributed by atoms with Crippen LogP contribution in [-0.4, -0.2) is 0 Å². The molecule has 1 aliphatic rings. The monoisotopic (exact) mass is 715 g/mol. The van der Waals surface area contributed by atoms with E-state index in [0.29, 0.717) is 0 Å². The molecule has 0 saturated heterocycles. The summed E-state index contributed by atoms with van der Waals surface area (Å²) in [4.78, 5) is 2.52. The van der Waals surface area contributed by atoms with Gasteiger partial charge in [-0.1, -0.05) is 196 Å². The zero-order chi connectivity index (χ0) is 37.6. The summed E-state index contributed by atoms with van der Waals surface area (Å²) in [7, 11) is 0. The predicted octanol–water partition coefficient (Wildman–Crippen LogP) is 15.3. The summed E-state index contributed by atoms with van der Waals surface area (Å²) in [5, 5.41) is 2.46. The third-order valence-electron chi connectivity index (χ3n) is 11.7. The molecule has 56 heavy (non-hydrogen) atoms. The lowest BCUT2D eigenvalue weighted by Gasteiger charge is -2.32. The van der Waals surface area contributed by atoms with Crippen LogP contribution in [0.5, 0.6) is 0 Å². The van der Waals surface area contributed by atoms with Gasteiger partial charge in [0, 0.05) is 22.2 Å². The van der Waals surface area contributed by atoms with E-state index in [0.717, 1.165) is 17.1 Å². The molecule has 0 bridgehead atoms. The smallest absolute Gasteiger partial charge is 0.0546 e. The summed E-state index contributed by atoms with van der Waals surface area (Å²) in [6, 6.07) is 77.8. The van der Waals surface area contributed by atoms with Gasteiger partial charge in [0.1, 0.15) is 0 Å². The number of fused-ring (bicyclic) bond motifs is 4. The quantitative estimate of drug-likeness (QED) is 0.159. The molecule has 0 saturated carbocycles. The maximum atomic E-state index is 2.52. The van der Waals surface area contributed by atoms with Gasteiger partial charge in [0.05, 0.1) is 11.4 Å². The molecule has 0 radical (unpaired) electrons. The van der Waals surface area contributed by atoms with Crippen molar-refractivity contribution in [3.63, 3.8) is 0 Å². The Morgan fingerprint density at radius 2 is 0.875 bits per heavy atom. The second-order valence-electron chi connectivity index (χ2n) is 15.3. The minimum atomic E-state index is -0.151. The molecule has 0 heterocycles. The second kappa shape index (κ2) is 13.7. The molecular formula is C55H41N. The molecule has 9 aromatic rings. The molecule has 1 heteroatoms. The molecule has 0 unspecified atom stereocenters. The average molecular weight is 716 g/mol. The van der Waals surface area contributed by atoms with Crippen molar-refractivity contribution < 1.29 is 0 Å². The topological polar surface area (TPSA) is 3.24 Å². The molecule has 9 aromatic carbocycles. The maximum absolute atomic E-state index is 2.52. The third-order valence-corrected chi connectivity index (χ3v) is 11.7. The van der Waals surface area contributed by atoms with Crippen molar-refractivity contribution in [2.45, 2.75) is 19.3 Å². The highest BCUT2D eigenvalue weighted by Crippen LogP contribution is 2.53. The summed E-state index contributed by atoms with van der Waals surface area (Å²) >= 11 is 0. The van der Waals surface area contributed by atoms with Crippen molar-refractivity contribution in [3.05, 3.63) is 223 Å². The van der Waals surface area contributed by atoms with Crippen LogP contribution in [0.25, 0.3) is 66.4 Å². The molecule has 266 valence electrons. The summed E-state index contributed by atoms with van der Waals surface area (Å²) < 4.78 is 0. The van der Waals surface area contributed by atoms with E-state index >= 15 is 0 Å². The molecule has 0 fully saturated rings. The van der Waals surface area contributed by atoms with Crippen molar-refractivity contribution in [1.82, 2.24) is 0 Å². The Morgan fingerprint density at radius 1 is 0.321 bits per heavy atom. The van der Waals surface area contributed by atoms with Crippen molar-refractivity contribution in [1.29, 1.82) is 0 Å². The van der Waals surface area contributed by atoms with E-state index in [4.69, 9.17) is 0 Å². The van der Waals surface area contributed by atoms with Crippen molar-refractivity contribution in [2.75, 3.05) is 4.90 Å². The van der Waals surface area contributed by atoms with Crippen LogP contribution in [0.15, 0.2) is 212 Å². The van der Waals surface area contributed by atoms with Crippen molar-refractivity contribution >= 4 is 27.8 Å². The number of para-hydroxylation sites is 1. The molecular weight excluding hydrogens is 675 g/mol. The molecule has 0 N–H and O–H groups in total. The second-order valence-corrected chi connectivity index (χ2v) is 15.3. The lowest BCUT2D eigenvalue weighted by Crippen LogP contribution is -2.17. The van der Waals surface area contributed by atoms with Gasteiger partial charge in [-0.3, -0.25) is 0 Å². The summed E-state index contributed by atoms with van der Waals surface area (Å²) in [5.74, 6) is 0. The molecule has 10 rings (SSSR count). The number of benzene rings is 9. The first-order chi connectivity index (χ1) is 27.6. The van der Waals surface area contributed by atoms with E-state index < -0.39 is 0 Å². The Hall–Kier alpha value is -6.96. The Bertz CT molecular complexity index is 2880. The fourth-order valence-electron chi connectivity index (χ4n) is 8.95. The fraction of sp³-hybridized carbons (Fsp3) is 0.0545. The van der Waals surface area contributed by atoms with Crippen molar-refractivity contribution in [2.24, 2.45) is 0 Å². The van der Waals surface area contributed by atoms with E-state index in [1.165, 1.54) is 77.5 Å². The van der Waals surface area contributed by atoms with Gasteiger partial charge in [-0.2, -0.15) is 0 Å². The molecule has 0 amide bonds. The summed E-state index contributed by atoms with van der Waals surface area (Å²) in [6.45, 7) is 4.73. The van der Waals surface area contributed by atoms with E-state index in [9.17, 15) is 0 Å². The fourth-order valence-corrected chi connectivity index (χ4v) is 8.95. The highest BCUT2D eigenvalue weighted by atomic mass is 15.1. The van der Waals surface area contributed by atoms with Gasteiger partial charge >= 0.3 is 0 Å². The summed E-state index contributed by atoms with van der Waals surface area (Å²) in [5.41, 5.74) is 18.1. The van der Waals surface area contributed by atoms with Crippen LogP contribution in [0.1, 0.15) is 25.0 Å². The number of anilines is 3. The van der Waals surface area contributed by atoms with Gasteiger partial charge in [0.2, 0.25) is 0 Å². The SMILES string of the molecule is CC1(C)c2ccccc2-c2ccc(N(c3ccccc3-c3ccccc3)c3cccc(-c4ccc5ccccc5c4)c3-c3ccccc3-c3ccccc3)cc21. The first-order valence-corrected chi connectivity index (χ1v) is 19.5. The minimum absolute atomic E-state index is 0.151. The number of hydrogen-bond acceptors (Lipinski definition) is 1. The van der Waals surface area contributed by atoms with Crippen LogP contribution in [0.4, 0.5) is 17.1 Å². The number of rotatable bonds is 7. The predicted molar refractivity (Wildman–Crippen MR) is 238 cm³/mol. The molecule has 0 spiro atoms. The normalized spacial score (nSPS) is 12.6. The van der Waals surface area contributed by atoms with Crippen LogP contribution in [-0.2, 0) is 5.41 Å². The molecule has 1 nitrogen and oxygen atoms in total. The Morgan fingerprint density at radius 3 is 1.64 bits per heavy atom. The van der Waals surface area contributed by atoms with Gasteiger partial charge in [0.15, 0.2) is 0 Å². The number of hydrogen-bond donors (Lipinski definition) is 0. The zero-order valence-corrected chi connectivity index (χ0v) is 31.7. The first kappa shape index (κ1) is 33.6. The molecule has 0 aliphatic heterocycles. The van der Waals surface area contributed by atoms with E-state index in [1.807, 2.05) is 0 Å². The largest absolute Gasteiger partial charge is 0.309 e. The lowest BCUT2D eigenvalue weighted by molar-refractivity contribution is 0.660. The van der Waals surface area contributed by atoms with Gasteiger partial charge in [-0.25, -0.2) is 0 Å². The van der Waals surface area contributed by atoms with Gasteiger partial charge in [0.25, 0.3) is 0 Å². The van der Waals surface area contributed by atoms with Crippen LogP contribution >= 0.6 is 0 Å². The molecule has 0 atom stereocenters. The Labute approximate surface area is 329 Å². The van der Waals surface area contributed by atoms with Crippen LogP contribution < -0.4 is 4.90 Å². The highest BCUT2D eigenvalue weighted by molar-refractivity contribution is 6.04. The van der Waals surface area contributed by atoms with Crippen LogP contribution in [0.2, 0.25) is 0 Å². The first-order valence-electron chi connectivity index (χ1n) is 19.5. The van der Waals surface area contributed by atoms with E-state index in [-0.39, 0.29) is 5.41 Å².